The largest absolute Gasteiger partial charge is 0.497 e. The van der Waals surface area contributed by atoms with Crippen molar-refractivity contribution >= 4 is 5.57 Å². The van der Waals surface area contributed by atoms with E-state index in [-0.39, 0.29) is 0 Å². The molecule has 188 valence electrons. The van der Waals surface area contributed by atoms with Crippen molar-refractivity contribution in [3.8, 4) is 39.5 Å². The highest BCUT2D eigenvalue weighted by molar-refractivity contribution is 5.79. The zero-order chi connectivity index (χ0) is 25.7. The topological polar surface area (TPSA) is 35.3 Å². The van der Waals surface area contributed by atoms with Crippen molar-refractivity contribution in [3.63, 3.8) is 0 Å². The van der Waals surface area contributed by atoms with Gasteiger partial charge in [0.1, 0.15) is 11.4 Å². The number of oxazole rings is 1. The van der Waals surface area contributed by atoms with Crippen LogP contribution in [0.25, 0.3) is 39.3 Å². The Kier molecular flexibility index (Phi) is 6.91. The Hall–Kier alpha value is -4.37. The molecule has 38 heavy (non-hydrogen) atoms. The average molecular weight is 498 g/mol. The number of hydrogen-bond donors (Lipinski definition) is 0. The van der Waals surface area contributed by atoms with Crippen LogP contribution in [0.4, 0.5) is 0 Å². The first-order valence-corrected chi connectivity index (χ1v) is 13.3. The Morgan fingerprint density at radius 3 is 2.13 bits per heavy atom. The third kappa shape index (κ3) is 4.92. The maximum Gasteiger partial charge on any atom is 0.223 e. The fourth-order valence-corrected chi connectivity index (χ4v) is 5.47. The molecule has 0 spiro atoms. The fourth-order valence-electron chi connectivity index (χ4n) is 5.47. The number of aromatic nitrogens is 1. The minimum atomic E-state index is 0.309. The van der Waals surface area contributed by atoms with Crippen LogP contribution in [0.5, 0.6) is 5.75 Å². The molecule has 0 N–H and O–H groups in total. The predicted octanol–water partition coefficient (Wildman–Crippen LogP) is 9.11. The summed E-state index contributed by atoms with van der Waals surface area (Å²) in [5.74, 6) is 2.75. The Labute approximate surface area is 224 Å². The number of allylic oxidation sites excluding steroid dienone is 2. The van der Waals surface area contributed by atoms with Gasteiger partial charge in [-0.15, -0.1) is 0 Å². The van der Waals surface area contributed by atoms with Crippen LogP contribution in [0.3, 0.4) is 0 Å². The van der Waals surface area contributed by atoms with Gasteiger partial charge in [0.05, 0.1) is 7.11 Å². The van der Waals surface area contributed by atoms with Crippen LogP contribution in [0.2, 0.25) is 0 Å². The lowest BCUT2D eigenvalue weighted by Crippen LogP contribution is -2.12. The van der Waals surface area contributed by atoms with Crippen LogP contribution in [0.15, 0.2) is 120 Å². The SMILES string of the molecule is COc1ccc(-c2ccccc2)c(CC2CCCC=C2c2nc(-c3ccccc3)c(-c3ccccc3)o2)c1. The monoisotopic (exact) mass is 497 g/mol. The summed E-state index contributed by atoms with van der Waals surface area (Å²) in [4.78, 5) is 5.13. The van der Waals surface area contributed by atoms with E-state index in [2.05, 4.69) is 91.0 Å². The van der Waals surface area contributed by atoms with E-state index in [1.165, 1.54) is 22.3 Å². The normalized spacial score (nSPS) is 15.2. The van der Waals surface area contributed by atoms with E-state index < -0.39 is 0 Å². The first-order valence-electron chi connectivity index (χ1n) is 13.3. The van der Waals surface area contributed by atoms with Crippen molar-refractivity contribution in [1.82, 2.24) is 4.98 Å². The Balaban J connectivity index is 1.41. The standard InChI is InChI=1S/C35H31NO2/c1-37-30-21-22-31(25-13-5-2-6-14-25)29(24-30)23-28-19-11-12-20-32(28)35-36-33(26-15-7-3-8-16-26)34(38-35)27-17-9-4-10-18-27/h2-10,13-18,20-22,24,28H,11-12,19,23H2,1H3. The highest BCUT2D eigenvalue weighted by Crippen LogP contribution is 2.41. The number of methoxy groups -OCH3 is 1. The molecule has 0 aliphatic heterocycles. The van der Waals surface area contributed by atoms with Gasteiger partial charge in [-0.1, -0.05) is 103 Å². The summed E-state index contributed by atoms with van der Waals surface area (Å²) in [5.41, 5.74) is 7.96. The van der Waals surface area contributed by atoms with Crippen LogP contribution >= 0.6 is 0 Å². The van der Waals surface area contributed by atoms with Crippen LogP contribution in [-0.4, -0.2) is 12.1 Å². The number of ether oxygens (including phenoxy) is 1. The molecule has 0 bridgehead atoms. The molecular weight excluding hydrogens is 466 g/mol. The van der Waals surface area contributed by atoms with Crippen LogP contribution < -0.4 is 4.74 Å². The number of nitrogens with zero attached hydrogens (tertiary/aromatic N) is 1. The summed E-state index contributed by atoms with van der Waals surface area (Å²) in [6.45, 7) is 0. The quantitative estimate of drug-likeness (QED) is 0.225. The van der Waals surface area contributed by atoms with Gasteiger partial charge in [-0.05, 0) is 60.4 Å². The Bertz CT molecular complexity index is 1480. The Morgan fingerprint density at radius 2 is 1.45 bits per heavy atom. The lowest BCUT2D eigenvalue weighted by molar-refractivity contribution is 0.414. The van der Waals surface area contributed by atoms with Crippen molar-refractivity contribution in [2.75, 3.05) is 7.11 Å². The van der Waals surface area contributed by atoms with Gasteiger partial charge in [0.2, 0.25) is 5.89 Å². The zero-order valence-corrected chi connectivity index (χ0v) is 21.6. The van der Waals surface area contributed by atoms with Gasteiger partial charge in [0.25, 0.3) is 0 Å². The highest BCUT2D eigenvalue weighted by atomic mass is 16.5. The molecular formula is C35H31NO2. The maximum atomic E-state index is 6.62. The van der Waals surface area contributed by atoms with Gasteiger partial charge in [-0.3, -0.25) is 0 Å². The van der Waals surface area contributed by atoms with E-state index in [9.17, 15) is 0 Å². The van der Waals surface area contributed by atoms with Gasteiger partial charge >= 0.3 is 0 Å². The third-order valence-corrected chi connectivity index (χ3v) is 7.38. The lowest BCUT2D eigenvalue weighted by Gasteiger charge is -2.24. The van der Waals surface area contributed by atoms with Gasteiger partial charge in [0.15, 0.2) is 5.76 Å². The summed E-state index contributed by atoms with van der Waals surface area (Å²) < 4.78 is 12.2. The van der Waals surface area contributed by atoms with Crippen LogP contribution in [0, 0.1) is 5.92 Å². The molecule has 0 amide bonds. The molecule has 3 nitrogen and oxygen atoms in total. The fraction of sp³-hybridized carbons (Fsp3) is 0.171. The maximum absolute atomic E-state index is 6.62. The lowest BCUT2D eigenvalue weighted by atomic mass is 9.81. The first kappa shape index (κ1) is 24.0. The molecule has 1 aliphatic rings. The Morgan fingerprint density at radius 1 is 0.789 bits per heavy atom. The minimum absolute atomic E-state index is 0.309. The van der Waals surface area contributed by atoms with Gasteiger partial charge in [-0.2, -0.15) is 0 Å². The molecule has 5 aromatic rings. The second-order valence-corrected chi connectivity index (χ2v) is 9.81. The average Bonchev–Trinajstić information content (AvgIpc) is 3.44. The number of benzene rings is 4. The second kappa shape index (κ2) is 10.9. The molecule has 3 heteroatoms. The van der Waals surface area contributed by atoms with Gasteiger partial charge < -0.3 is 9.15 Å². The molecule has 6 rings (SSSR count). The van der Waals surface area contributed by atoms with E-state index in [0.29, 0.717) is 5.92 Å². The van der Waals surface area contributed by atoms with E-state index >= 15 is 0 Å². The van der Waals surface area contributed by atoms with Crippen molar-refractivity contribution in [3.05, 3.63) is 127 Å². The van der Waals surface area contributed by atoms with E-state index in [1.54, 1.807) is 7.11 Å². The van der Waals surface area contributed by atoms with Crippen molar-refractivity contribution in [2.24, 2.45) is 5.92 Å². The summed E-state index contributed by atoms with van der Waals surface area (Å²) >= 11 is 0. The van der Waals surface area contributed by atoms with Crippen molar-refractivity contribution in [1.29, 1.82) is 0 Å². The molecule has 1 aliphatic carbocycles. The van der Waals surface area contributed by atoms with Crippen LogP contribution in [-0.2, 0) is 6.42 Å². The van der Waals surface area contributed by atoms with Gasteiger partial charge in [0, 0.05) is 16.7 Å². The number of rotatable bonds is 7. The summed E-state index contributed by atoms with van der Waals surface area (Å²) in [5, 5.41) is 0. The number of hydrogen-bond acceptors (Lipinski definition) is 3. The highest BCUT2D eigenvalue weighted by Gasteiger charge is 2.27. The van der Waals surface area contributed by atoms with E-state index in [0.717, 1.165) is 59.9 Å². The molecule has 0 radical (unpaired) electrons. The summed E-state index contributed by atoms with van der Waals surface area (Å²) in [6.07, 6.45) is 6.54. The molecule has 0 fully saturated rings. The van der Waals surface area contributed by atoms with Gasteiger partial charge in [-0.25, -0.2) is 4.98 Å². The van der Waals surface area contributed by atoms with Crippen LogP contribution in [0.1, 0.15) is 30.7 Å². The molecule has 4 aromatic carbocycles. The summed E-state index contributed by atoms with van der Waals surface area (Å²) in [7, 11) is 1.73. The van der Waals surface area contributed by atoms with E-state index in [4.69, 9.17) is 14.1 Å². The molecule has 1 unspecified atom stereocenters. The first-order chi connectivity index (χ1) is 18.8. The molecule has 0 saturated carbocycles. The second-order valence-electron chi connectivity index (χ2n) is 9.81. The van der Waals surface area contributed by atoms with E-state index in [1.807, 2.05) is 24.3 Å². The predicted molar refractivity (Wildman–Crippen MR) is 155 cm³/mol. The van der Waals surface area contributed by atoms with Crippen molar-refractivity contribution < 1.29 is 9.15 Å². The molecule has 1 atom stereocenters. The molecule has 1 heterocycles. The summed E-state index contributed by atoms with van der Waals surface area (Å²) in [6, 6.07) is 37.7. The molecule has 0 saturated heterocycles. The molecule has 1 aromatic heterocycles. The zero-order valence-electron chi connectivity index (χ0n) is 21.6. The van der Waals surface area contributed by atoms with Crippen molar-refractivity contribution in [2.45, 2.75) is 25.7 Å². The minimum Gasteiger partial charge on any atom is -0.497 e. The smallest absolute Gasteiger partial charge is 0.223 e. The third-order valence-electron chi connectivity index (χ3n) is 7.38.